The van der Waals surface area contributed by atoms with Crippen molar-refractivity contribution in [3.63, 3.8) is 0 Å². The van der Waals surface area contributed by atoms with Crippen LogP contribution in [0.2, 0.25) is 0 Å². The summed E-state index contributed by atoms with van der Waals surface area (Å²) in [6.07, 6.45) is 3.37. The number of halogens is 2. The number of nitrogens with zero attached hydrogens (tertiary/aromatic N) is 3. The van der Waals surface area contributed by atoms with Gasteiger partial charge >= 0.3 is 5.97 Å². The van der Waals surface area contributed by atoms with Gasteiger partial charge in [-0.25, -0.2) is 23.6 Å². The number of carbonyl (C=O) groups is 1. The van der Waals surface area contributed by atoms with Crippen LogP contribution in [0.4, 0.5) is 8.78 Å². The zero-order valence-electron chi connectivity index (χ0n) is 14.8. The van der Waals surface area contributed by atoms with Crippen LogP contribution < -0.4 is 5.32 Å². The summed E-state index contributed by atoms with van der Waals surface area (Å²) in [6.45, 7) is 3.35. The number of aromatic nitrogens is 2. The number of rotatable bonds is 3. The van der Waals surface area contributed by atoms with Gasteiger partial charge in [0.2, 0.25) is 0 Å². The number of aryl methyl sites for hydroxylation is 1. The number of nitrogens with one attached hydrogen (secondary N) is 1. The lowest BCUT2D eigenvalue weighted by atomic mass is 9.82. The molecule has 0 fully saturated rings. The molecule has 0 saturated carbocycles. The fourth-order valence-corrected chi connectivity index (χ4v) is 3.07. The zero-order valence-corrected chi connectivity index (χ0v) is 14.8. The highest BCUT2D eigenvalue weighted by Gasteiger charge is 2.41. The van der Waals surface area contributed by atoms with E-state index in [1.807, 2.05) is 0 Å². The van der Waals surface area contributed by atoms with Crippen molar-refractivity contribution in [3.8, 4) is 0 Å². The quantitative estimate of drug-likeness (QED) is 0.854. The van der Waals surface area contributed by atoms with Gasteiger partial charge in [-0.3, -0.25) is 0 Å². The second kappa shape index (κ2) is 6.36. The molecule has 0 aliphatic carbocycles. The van der Waals surface area contributed by atoms with E-state index in [4.69, 9.17) is 4.74 Å². The summed E-state index contributed by atoms with van der Waals surface area (Å²) in [5.74, 6) is -1.64. The molecule has 3 rings (SSSR count). The third-order valence-corrected chi connectivity index (χ3v) is 4.41. The Hall–Kier alpha value is -3.03. The van der Waals surface area contributed by atoms with Gasteiger partial charge in [-0.1, -0.05) is 6.07 Å². The van der Waals surface area contributed by atoms with E-state index in [1.165, 1.54) is 13.2 Å². The fourth-order valence-electron chi connectivity index (χ4n) is 3.07. The van der Waals surface area contributed by atoms with Crippen molar-refractivity contribution in [3.05, 3.63) is 64.9 Å². The molecule has 26 heavy (non-hydrogen) atoms. The number of carbonyl (C=O) groups excluding carboxylic acids is 1. The molecule has 136 valence electrons. The number of esters is 1. The van der Waals surface area contributed by atoms with E-state index < -0.39 is 23.1 Å². The van der Waals surface area contributed by atoms with Crippen LogP contribution in [0.5, 0.6) is 0 Å². The maximum atomic E-state index is 13.9. The number of imidazole rings is 1. The Kier molecular flexibility index (Phi) is 4.35. The van der Waals surface area contributed by atoms with E-state index >= 15 is 0 Å². The maximum Gasteiger partial charge on any atom is 0.338 e. The van der Waals surface area contributed by atoms with Crippen LogP contribution in [-0.4, -0.2) is 28.5 Å². The predicted molar refractivity (Wildman–Crippen MR) is 91.3 cm³/mol. The van der Waals surface area contributed by atoms with Crippen molar-refractivity contribution in [1.82, 2.24) is 14.9 Å². The number of hydrogen-bond donors (Lipinski definition) is 1. The third-order valence-electron chi connectivity index (χ3n) is 4.41. The highest BCUT2D eigenvalue weighted by atomic mass is 19.2. The lowest BCUT2D eigenvalue weighted by Crippen LogP contribution is -2.41. The van der Waals surface area contributed by atoms with Crippen LogP contribution in [0.25, 0.3) is 0 Å². The number of hydrogen-bond acceptors (Lipinski definition) is 5. The van der Waals surface area contributed by atoms with Gasteiger partial charge < -0.3 is 14.6 Å². The van der Waals surface area contributed by atoms with Crippen molar-refractivity contribution < 1.29 is 18.3 Å². The minimum atomic E-state index is -1.28. The number of aliphatic imine (C=N–C) groups is 1. The Morgan fingerprint density at radius 2 is 2.04 bits per heavy atom. The lowest BCUT2D eigenvalue weighted by Gasteiger charge is -2.34. The van der Waals surface area contributed by atoms with Crippen LogP contribution in [0.15, 0.2) is 46.9 Å². The zero-order chi connectivity index (χ0) is 19.1. The molecule has 1 aromatic carbocycles. The van der Waals surface area contributed by atoms with Crippen molar-refractivity contribution >= 4 is 11.8 Å². The Morgan fingerprint density at radius 1 is 1.31 bits per heavy atom. The molecule has 1 aliphatic heterocycles. The van der Waals surface area contributed by atoms with E-state index in [-0.39, 0.29) is 5.57 Å². The molecule has 6 nitrogen and oxygen atoms in total. The average molecular weight is 360 g/mol. The Balaban J connectivity index is 2.24. The van der Waals surface area contributed by atoms with E-state index in [2.05, 4.69) is 15.3 Å². The second-order valence-electron chi connectivity index (χ2n) is 6.14. The normalized spacial score (nSPS) is 19.8. The average Bonchev–Trinajstić information content (AvgIpc) is 3.02. The third kappa shape index (κ3) is 2.77. The van der Waals surface area contributed by atoms with Gasteiger partial charge in [0.15, 0.2) is 23.3 Å². The summed E-state index contributed by atoms with van der Waals surface area (Å²) < 4.78 is 33.9. The summed E-state index contributed by atoms with van der Waals surface area (Å²) in [5.41, 5.74) is -0.247. The summed E-state index contributed by atoms with van der Waals surface area (Å²) in [5, 5.41) is 3.05. The summed E-state index contributed by atoms with van der Waals surface area (Å²) in [4.78, 5) is 21.3. The molecule has 2 aromatic rings. The smallest absolute Gasteiger partial charge is 0.338 e. The maximum absolute atomic E-state index is 13.9. The Morgan fingerprint density at radius 3 is 2.62 bits per heavy atom. The highest BCUT2D eigenvalue weighted by Crippen LogP contribution is 2.38. The van der Waals surface area contributed by atoms with Crippen LogP contribution in [0.1, 0.15) is 25.2 Å². The molecule has 1 atom stereocenters. The first-order valence-corrected chi connectivity index (χ1v) is 7.87. The van der Waals surface area contributed by atoms with Crippen molar-refractivity contribution in [1.29, 1.82) is 0 Å². The number of ether oxygens (including phenoxy) is 1. The molecule has 1 aliphatic rings. The number of methoxy groups -OCH3 is 1. The summed E-state index contributed by atoms with van der Waals surface area (Å²) in [7, 11) is 3.06. The first kappa shape index (κ1) is 17.8. The minimum absolute atomic E-state index is 0.212. The molecule has 0 radical (unpaired) electrons. The summed E-state index contributed by atoms with van der Waals surface area (Å²) in [6, 6.07) is 3.45. The van der Waals surface area contributed by atoms with Gasteiger partial charge in [0.05, 0.1) is 12.7 Å². The first-order chi connectivity index (χ1) is 12.3. The van der Waals surface area contributed by atoms with Gasteiger partial charge in [-0.15, -0.1) is 0 Å². The number of benzene rings is 1. The molecule has 0 bridgehead atoms. The van der Waals surface area contributed by atoms with Gasteiger partial charge in [0, 0.05) is 25.1 Å². The Bertz CT molecular complexity index is 948. The largest absolute Gasteiger partial charge is 0.466 e. The monoisotopic (exact) mass is 360 g/mol. The van der Waals surface area contributed by atoms with E-state index in [0.29, 0.717) is 22.9 Å². The van der Waals surface area contributed by atoms with Crippen LogP contribution in [-0.2, 0) is 22.1 Å². The molecule has 0 saturated heterocycles. The second-order valence-corrected chi connectivity index (χ2v) is 6.14. The van der Waals surface area contributed by atoms with Crippen molar-refractivity contribution in [2.24, 2.45) is 12.0 Å². The molecular weight excluding hydrogens is 342 g/mol. The van der Waals surface area contributed by atoms with E-state index in [1.54, 1.807) is 37.9 Å². The predicted octanol–water partition coefficient (Wildman–Crippen LogP) is 2.41. The van der Waals surface area contributed by atoms with Crippen molar-refractivity contribution in [2.45, 2.75) is 19.4 Å². The fraction of sp³-hybridized carbons (Fsp3) is 0.278. The lowest BCUT2D eigenvalue weighted by molar-refractivity contribution is -0.137. The molecular formula is C18H18F2N4O2. The summed E-state index contributed by atoms with van der Waals surface area (Å²) >= 11 is 0. The van der Waals surface area contributed by atoms with Crippen LogP contribution >= 0.6 is 0 Å². The van der Waals surface area contributed by atoms with E-state index in [0.717, 1.165) is 12.1 Å². The minimum Gasteiger partial charge on any atom is -0.466 e. The molecule has 2 heterocycles. The molecule has 8 heteroatoms. The number of allylic oxidation sites excluding steroid dienone is 1. The molecule has 1 N–H and O–H groups in total. The number of amidine groups is 1. The van der Waals surface area contributed by atoms with Crippen LogP contribution in [0.3, 0.4) is 0 Å². The molecule has 0 amide bonds. The van der Waals surface area contributed by atoms with Gasteiger partial charge in [-0.2, -0.15) is 0 Å². The van der Waals surface area contributed by atoms with Gasteiger partial charge in [0.25, 0.3) is 0 Å². The van der Waals surface area contributed by atoms with Crippen LogP contribution in [0, 0.1) is 11.6 Å². The highest BCUT2D eigenvalue weighted by molar-refractivity contribution is 6.02. The first-order valence-electron chi connectivity index (χ1n) is 7.87. The molecule has 1 aromatic heterocycles. The van der Waals surface area contributed by atoms with Crippen molar-refractivity contribution in [2.75, 3.05) is 7.11 Å². The van der Waals surface area contributed by atoms with Gasteiger partial charge in [-0.05, 0) is 31.5 Å². The Labute approximate surface area is 149 Å². The van der Waals surface area contributed by atoms with Gasteiger partial charge in [0.1, 0.15) is 5.54 Å². The molecule has 0 spiro atoms. The van der Waals surface area contributed by atoms with E-state index in [9.17, 15) is 13.6 Å². The standard InChI is InChI=1S/C18H18F2N4O2/c1-10-14(17(25)26-4)18(2,11-5-6-12(19)13(20)9-11)23-15(22-10)16-21-7-8-24(16)3/h5-9H,1-4H3,(H,22,23). The SMILES string of the molecule is COC(=O)C1=C(C)NC(c2nccn2C)=NC1(C)c1ccc(F)c(F)c1. The topological polar surface area (TPSA) is 68.5 Å². The molecule has 1 unspecified atom stereocenters.